The van der Waals surface area contributed by atoms with E-state index in [9.17, 15) is 9.18 Å². The second-order valence-corrected chi connectivity index (χ2v) is 6.34. The summed E-state index contributed by atoms with van der Waals surface area (Å²) in [6.45, 7) is 1.37. The van der Waals surface area contributed by atoms with E-state index in [4.69, 9.17) is 6.42 Å². The van der Waals surface area contributed by atoms with Crippen LogP contribution in [-0.4, -0.2) is 30.7 Å². The first kappa shape index (κ1) is 16.4. The molecule has 1 unspecified atom stereocenters. The molecular weight excluding hydrogens is 307 g/mol. The molecule has 126 valence electrons. The van der Waals surface area contributed by atoms with Gasteiger partial charge in [-0.2, -0.15) is 10.2 Å². The number of hydrogen-bond acceptors (Lipinski definition) is 4. The maximum atomic E-state index is 13.8. The maximum Gasteiger partial charge on any atom is 0.220 e. The summed E-state index contributed by atoms with van der Waals surface area (Å²) in [5.41, 5.74) is 0.177. The Balaban J connectivity index is 1.43. The van der Waals surface area contributed by atoms with E-state index in [0.29, 0.717) is 37.9 Å². The Morgan fingerprint density at radius 2 is 2.21 bits per heavy atom. The highest BCUT2D eigenvalue weighted by Gasteiger charge is 2.39. The third kappa shape index (κ3) is 3.91. The molecule has 24 heavy (non-hydrogen) atoms. The monoisotopic (exact) mass is 328 g/mol. The highest BCUT2D eigenvalue weighted by atomic mass is 19.1. The van der Waals surface area contributed by atoms with Crippen LogP contribution in [0.15, 0.2) is 34.5 Å². The molecule has 0 aliphatic carbocycles. The van der Waals surface area contributed by atoms with Crippen LogP contribution in [0.5, 0.6) is 0 Å². The van der Waals surface area contributed by atoms with E-state index >= 15 is 0 Å². The quantitative estimate of drug-likeness (QED) is 0.783. The van der Waals surface area contributed by atoms with Crippen LogP contribution in [0.4, 0.5) is 10.1 Å². The minimum Gasteiger partial charge on any atom is -0.367 e. The molecular formula is C18H21FN4O. The Bertz CT molecular complexity index is 676. The van der Waals surface area contributed by atoms with Crippen molar-refractivity contribution >= 4 is 11.6 Å². The third-order valence-electron chi connectivity index (χ3n) is 4.55. The largest absolute Gasteiger partial charge is 0.367 e. The Labute approximate surface area is 141 Å². The smallest absolute Gasteiger partial charge is 0.220 e. The summed E-state index contributed by atoms with van der Waals surface area (Å²) in [5.74, 6) is 2.35. The fraction of sp³-hybridized carbons (Fsp3) is 0.500. The van der Waals surface area contributed by atoms with Gasteiger partial charge in [-0.3, -0.25) is 4.79 Å². The number of benzene rings is 1. The summed E-state index contributed by atoms with van der Waals surface area (Å²) in [6, 6.07) is 6.78. The van der Waals surface area contributed by atoms with Crippen LogP contribution in [-0.2, 0) is 4.79 Å². The van der Waals surface area contributed by atoms with Crippen LogP contribution in [0.1, 0.15) is 32.1 Å². The molecule has 6 heteroatoms. The van der Waals surface area contributed by atoms with E-state index in [0.717, 1.165) is 13.0 Å². The van der Waals surface area contributed by atoms with E-state index in [1.807, 2.05) is 11.0 Å². The highest BCUT2D eigenvalue weighted by molar-refractivity contribution is 5.76. The van der Waals surface area contributed by atoms with Gasteiger partial charge in [-0.05, 0) is 18.6 Å². The number of halogens is 1. The molecule has 0 radical (unpaired) electrons. The topological polar surface area (TPSA) is 57.1 Å². The predicted molar refractivity (Wildman–Crippen MR) is 90.0 cm³/mol. The van der Waals surface area contributed by atoms with Crippen molar-refractivity contribution in [3.8, 4) is 12.3 Å². The maximum absolute atomic E-state index is 13.8. The summed E-state index contributed by atoms with van der Waals surface area (Å²) in [7, 11) is 0. The van der Waals surface area contributed by atoms with Crippen molar-refractivity contribution < 1.29 is 9.18 Å². The first-order valence-electron chi connectivity index (χ1n) is 8.28. The molecule has 1 N–H and O–H groups in total. The normalized spacial score (nSPS) is 20.7. The van der Waals surface area contributed by atoms with Gasteiger partial charge in [0, 0.05) is 44.8 Å². The lowest BCUT2D eigenvalue weighted by Gasteiger charge is -2.19. The lowest BCUT2D eigenvalue weighted by molar-refractivity contribution is -0.121. The van der Waals surface area contributed by atoms with E-state index in [-0.39, 0.29) is 17.8 Å². The summed E-state index contributed by atoms with van der Waals surface area (Å²) in [4.78, 5) is 14.1. The Kier molecular flexibility index (Phi) is 4.79. The molecule has 5 nitrogen and oxygen atoms in total. The average Bonchev–Trinajstić information content (AvgIpc) is 3.21. The van der Waals surface area contributed by atoms with E-state index in [1.165, 1.54) is 6.07 Å². The number of nitrogens with zero attached hydrogens (tertiary/aromatic N) is 3. The van der Waals surface area contributed by atoms with Crippen LogP contribution in [0.2, 0.25) is 0 Å². The zero-order chi connectivity index (χ0) is 17.0. The molecule has 1 amide bonds. The second-order valence-electron chi connectivity index (χ2n) is 6.34. The molecule has 1 aromatic carbocycles. The molecule has 2 aliphatic heterocycles. The lowest BCUT2D eigenvalue weighted by Crippen LogP contribution is -2.37. The SMILES string of the molecule is C#CCCC1(CCC(=O)NC2CCN(c3ccccc3F)C2)N=N1. The van der Waals surface area contributed by atoms with Gasteiger partial charge in [0.25, 0.3) is 0 Å². The molecule has 2 heterocycles. The van der Waals surface area contributed by atoms with Gasteiger partial charge in [-0.15, -0.1) is 12.3 Å². The van der Waals surface area contributed by atoms with Crippen LogP contribution >= 0.6 is 0 Å². The molecule has 1 aromatic rings. The number of rotatable bonds is 7. The minimum atomic E-state index is -0.418. The first-order chi connectivity index (χ1) is 11.6. The fourth-order valence-corrected chi connectivity index (χ4v) is 3.09. The summed E-state index contributed by atoms with van der Waals surface area (Å²) < 4.78 is 13.8. The van der Waals surface area contributed by atoms with Crippen molar-refractivity contribution in [3.63, 3.8) is 0 Å². The molecule has 0 saturated carbocycles. The number of anilines is 1. The van der Waals surface area contributed by atoms with Crippen LogP contribution in [0.3, 0.4) is 0 Å². The molecule has 1 atom stereocenters. The van der Waals surface area contributed by atoms with E-state index in [1.54, 1.807) is 12.1 Å². The number of nitrogens with one attached hydrogen (secondary N) is 1. The van der Waals surface area contributed by atoms with Crippen molar-refractivity contribution in [2.75, 3.05) is 18.0 Å². The van der Waals surface area contributed by atoms with Crippen molar-refractivity contribution in [1.82, 2.24) is 5.32 Å². The molecule has 0 aromatic heterocycles. The Morgan fingerprint density at radius 1 is 1.42 bits per heavy atom. The lowest BCUT2D eigenvalue weighted by atomic mass is 10.0. The predicted octanol–water partition coefficient (Wildman–Crippen LogP) is 2.88. The van der Waals surface area contributed by atoms with Gasteiger partial charge in [0.05, 0.1) is 5.69 Å². The minimum absolute atomic E-state index is 0.00670. The second kappa shape index (κ2) is 7.00. The number of carbonyl (C=O) groups excluding carboxylic acids is 1. The van der Waals surface area contributed by atoms with Gasteiger partial charge in [0.15, 0.2) is 5.66 Å². The van der Waals surface area contributed by atoms with Crippen molar-refractivity contribution in [2.45, 2.75) is 43.8 Å². The summed E-state index contributed by atoms with van der Waals surface area (Å²) in [5, 5.41) is 11.1. The zero-order valence-electron chi connectivity index (χ0n) is 13.5. The van der Waals surface area contributed by atoms with Gasteiger partial charge in [0.1, 0.15) is 5.82 Å². The van der Waals surface area contributed by atoms with E-state index in [2.05, 4.69) is 21.5 Å². The standard InChI is InChI=1S/C18H21FN4O/c1-2-3-10-18(21-22-18)11-8-17(24)20-14-9-12-23(13-14)16-7-5-4-6-15(16)19/h1,4-7,14H,3,8-13H2,(H,20,24). The van der Waals surface area contributed by atoms with Crippen molar-refractivity contribution in [2.24, 2.45) is 10.2 Å². The van der Waals surface area contributed by atoms with Crippen molar-refractivity contribution in [3.05, 3.63) is 30.1 Å². The molecule has 2 aliphatic rings. The third-order valence-corrected chi connectivity index (χ3v) is 4.55. The van der Waals surface area contributed by atoms with Gasteiger partial charge in [-0.1, -0.05) is 12.1 Å². The van der Waals surface area contributed by atoms with Crippen LogP contribution in [0, 0.1) is 18.2 Å². The van der Waals surface area contributed by atoms with Gasteiger partial charge in [-0.25, -0.2) is 4.39 Å². The molecule has 3 rings (SSSR count). The van der Waals surface area contributed by atoms with Crippen LogP contribution in [0.25, 0.3) is 0 Å². The number of para-hydroxylation sites is 1. The number of carbonyl (C=O) groups is 1. The Morgan fingerprint density at radius 3 is 2.92 bits per heavy atom. The van der Waals surface area contributed by atoms with Gasteiger partial charge < -0.3 is 10.2 Å². The Hall–Kier alpha value is -2.42. The first-order valence-corrected chi connectivity index (χ1v) is 8.28. The molecule has 1 saturated heterocycles. The summed E-state index contributed by atoms with van der Waals surface area (Å²) in [6.07, 6.45) is 8.39. The van der Waals surface area contributed by atoms with Crippen molar-refractivity contribution in [1.29, 1.82) is 0 Å². The van der Waals surface area contributed by atoms with E-state index < -0.39 is 5.66 Å². The summed E-state index contributed by atoms with van der Waals surface area (Å²) >= 11 is 0. The molecule has 0 spiro atoms. The molecule has 1 fully saturated rings. The average molecular weight is 328 g/mol. The fourth-order valence-electron chi connectivity index (χ4n) is 3.09. The zero-order valence-corrected chi connectivity index (χ0v) is 13.5. The molecule has 0 bridgehead atoms. The number of hydrogen-bond donors (Lipinski definition) is 1. The number of terminal acetylenes is 1. The van der Waals surface area contributed by atoms with Gasteiger partial charge in [0.2, 0.25) is 5.91 Å². The van der Waals surface area contributed by atoms with Gasteiger partial charge >= 0.3 is 0 Å². The number of amides is 1. The van der Waals surface area contributed by atoms with Crippen LogP contribution < -0.4 is 10.2 Å². The highest BCUT2D eigenvalue weighted by Crippen LogP contribution is 2.37.